The van der Waals surface area contributed by atoms with Crippen molar-refractivity contribution in [3.05, 3.63) is 184 Å². The van der Waals surface area contributed by atoms with Gasteiger partial charge in [-0.1, -0.05) is 42.5 Å². The summed E-state index contributed by atoms with van der Waals surface area (Å²) in [6, 6.07) is 48.8. The third kappa shape index (κ3) is 6.58. The average molecular weight is 857 g/mol. The van der Waals surface area contributed by atoms with Crippen molar-refractivity contribution in [3.8, 4) is 81.2 Å². The minimum absolute atomic E-state index is 0.124. The summed E-state index contributed by atoms with van der Waals surface area (Å²) in [5, 5.41) is 62.9. The van der Waals surface area contributed by atoms with Crippen LogP contribution in [0.1, 0.15) is 56.6 Å². The van der Waals surface area contributed by atoms with E-state index in [0.717, 1.165) is 73.6 Å². The minimum Gasteiger partial charge on any atom is -0.307 e. The Balaban J connectivity index is 1.30. The molecule has 11 heteroatoms. The maximum Gasteiger partial charge on any atom is 0.416 e. The lowest BCUT2D eigenvalue weighted by atomic mass is 9.93. The number of aryl methyl sites for hydroxylation is 1. The van der Waals surface area contributed by atoms with Gasteiger partial charge in [0.1, 0.15) is 0 Å². The standard InChI is InChI=1S/C55H27F3N8/c56-55(57,58)42-11-12-43(40(21-42)30-63)46-25-54(66-50-8-4-2-6-45(50)48-23-37(10-14-52(48)66)39-19-34(28-61)16-35(20-39)29-62)53(24-41(46)31-64)65-49-7-3-1-5-44(49)47-22-36(9-13-51(47)65)38-17-32(26-59)15-33(18-38)27-60/h1,3-5,7-25H,2,6H2. The van der Waals surface area contributed by atoms with E-state index in [9.17, 15) is 44.7 Å². The van der Waals surface area contributed by atoms with E-state index in [1.54, 1.807) is 36.4 Å². The summed E-state index contributed by atoms with van der Waals surface area (Å²) < 4.78 is 46.1. The van der Waals surface area contributed by atoms with Gasteiger partial charge in [0.25, 0.3) is 0 Å². The number of allylic oxidation sites excluding steroid dienone is 1. The highest BCUT2D eigenvalue weighted by Gasteiger charge is 2.32. The second-order valence-electron chi connectivity index (χ2n) is 15.9. The average Bonchev–Trinajstić information content (AvgIpc) is 3.87. The van der Waals surface area contributed by atoms with Crippen LogP contribution in [-0.4, -0.2) is 9.13 Å². The fourth-order valence-electron chi connectivity index (χ4n) is 9.23. The quantitative estimate of drug-likeness (QED) is 0.168. The second-order valence-corrected chi connectivity index (χ2v) is 15.9. The highest BCUT2D eigenvalue weighted by atomic mass is 19.4. The maximum absolute atomic E-state index is 14.0. The van der Waals surface area contributed by atoms with E-state index >= 15 is 0 Å². The van der Waals surface area contributed by atoms with E-state index in [-0.39, 0.29) is 22.3 Å². The van der Waals surface area contributed by atoms with Crippen LogP contribution in [0, 0.1) is 68.0 Å². The van der Waals surface area contributed by atoms with E-state index in [0.29, 0.717) is 51.2 Å². The van der Waals surface area contributed by atoms with Gasteiger partial charge in [0, 0.05) is 33.0 Å². The molecule has 0 N–H and O–H groups in total. The number of benzene rings is 7. The highest BCUT2D eigenvalue weighted by molar-refractivity contribution is 6.11. The number of hydrogen-bond acceptors (Lipinski definition) is 6. The fourth-order valence-corrected chi connectivity index (χ4v) is 9.23. The molecule has 0 saturated carbocycles. The predicted octanol–water partition coefficient (Wildman–Crippen LogP) is 12.9. The first-order chi connectivity index (χ1) is 32.0. The molecule has 1 aliphatic rings. The monoisotopic (exact) mass is 856 g/mol. The Kier molecular flexibility index (Phi) is 9.56. The zero-order chi connectivity index (χ0) is 45.9. The molecule has 0 radical (unpaired) electrons. The van der Waals surface area contributed by atoms with Crippen LogP contribution in [0.5, 0.6) is 0 Å². The Morgan fingerprint density at radius 2 is 1.00 bits per heavy atom. The molecule has 8 nitrogen and oxygen atoms in total. The van der Waals surface area contributed by atoms with Gasteiger partial charge in [-0.05, 0) is 138 Å². The van der Waals surface area contributed by atoms with Crippen LogP contribution in [0.15, 0.2) is 133 Å². The van der Waals surface area contributed by atoms with E-state index in [4.69, 9.17) is 0 Å². The van der Waals surface area contributed by atoms with Gasteiger partial charge in [-0.2, -0.15) is 44.7 Å². The molecule has 2 heterocycles. The first kappa shape index (κ1) is 40.4. The van der Waals surface area contributed by atoms with Crippen LogP contribution in [-0.2, 0) is 12.6 Å². The van der Waals surface area contributed by atoms with Crippen molar-refractivity contribution in [1.82, 2.24) is 9.13 Å². The van der Waals surface area contributed by atoms with Crippen molar-refractivity contribution in [3.63, 3.8) is 0 Å². The molecule has 2 aromatic heterocycles. The molecule has 7 aromatic carbocycles. The number of para-hydroxylation sites is 1. The number of alkyl halides is 3. The van der Waals surface area contributed by atoms with E-state index in [1.165, 1.54) is 18.2 Å². The summed E-state index contributed by atoms with van der Waals surface area (Å²) in [5.74, 6) is 0. The van der Waals surface area contributed by atoms with Gasteiger partial charge < -0.3 is 9.13 Å². The van der Waals surface area contributed by atoms with Crippen LogP contribution in [0.25, 0.3) is 83.5 Å². The van der Waals surface area contributed by atoms with Crippen molar-refractivity contribution < 1.29 is 13.2 Å². The molecule has 308 valence electrons. The Labute approximate surface area is 375 Å². The van der Waals surface area contributed by atoms with Crippen LogP contribution < -0.4 is 0 Å². The number of halogens is 3. The van der Waals surface area contributed by atoms with Crippen molar-refractivity contribution in [2.75, 3.05) is 0 Å². The molecule has 0 atom stereocenters. The summed E-state index contributed by atoms with van der Waals surface area (Å²) in [4.78, 5) is 0. The molecule has 0 unspecified atom stereocenters. The Morgan fingerprint density at radius 1 is 0.455 bits per heavy atom. The van der Waals surface area contributed by atoms with Crippen molar-refractivity contribution in [2.45, 2.75) is 19.0 Å². The summed E-state index contributed by atoms with van der Waals surface area (Å²) in [6.07, 6.45) is 0.832. The normalized spacial score (nSPS) is 11.9. The molecule has 1 aliphatic carbocycles. The van der Waals surface area contributed by atoms with E-state index < -0.39 is 11.7 Å². The molecule has 0 amide bonds. The van der Waals surface area contributed by atoms with Crippen molar-refractivity contribution in [1.29, 1.82) is 31.6 Å². The summed E-state index contributed by atoms with van der Waals surface area (Å²) in [7, 11) is 0. The summed E-state index contributed by atoms with van der Waals surface area (Å²) in [5.41, 5.74) is 8.99. The van der Waals surface area contributed by atoms with Crippen LogP contribution in [0.2, 0.25) is 0 Å². The predicted molar refractivity (Wildman–Crippen MR) is 245 cm³/mol. The number of nitriles is 6. The Hall–Kier alpha value is -9.65. The first-order valence-electron chi connectivity index (χ1n) is 20.5. The third-order valence-electron chi connectivity index (χ3n) is 12.1. The lowest BCUT2D eigenvalue weighted by Gasteiger charge is -2.21. The number of rotatable bonds is 5. The molecule has 0 spiro atoms. The third-order valence-corrected chi connectivity index (χ3v) is 12.1. The largest absolute Gasteiger partial charge is 0.416 e. The summed E-state index contributed by atoms with van der Waals surface area (Å²) in [6.45, 7) is 0. The molecule has 0 bridgehead atoms. The molecule has 0 fully saturated rings. The minimum atomic E-state index is -4.70. The first-order valence-corrected chi connectivity index (χ1v) is 20.5. The van der Waals surface area contributed by atoms with Gasteiger partial charge in [-0.15, -0.1) is 0 Å². The zero-order valence-electron chi connectivity index (χ0n) is 34.4. The topological polar surface area (TPSA) is 153 Å². The lowest BCUT2D eigenvalue weighted by Crippen LogP contribution is -2.08. The van der Waals surface area contributed by atoms with Gasteiger partial charge in [0.15, 0.2) is 0 Å². The molecular formula is C55H27F3N8. The number of hydrogen-bond donors (Lipinski definition) is 0. The molecular weight excluding hydrogens is 830 g/mol. The molecule has 10 rings (SSSR count). The number of nitrogens with zero attached hydrogens (tertiary/aromatic N) is 8. The van der Waals surface area contributed by atoms with Crippen molar-refractivity contribution >= 4 is 38.8 Å². The Bertz CT molecular complexity index is 3830. The summed E-state index contributed by atoms with van der Waals surface area (Å²) >= 11 is 0. The SMILES string of the molecule is N#Cc1cc(C#N)cc(-c2ccc3c(c2)c2c(n3-c3cc(-c4ccc(C(F)(F)F)cc4C#N)c(C#N)cc3-n3c4ccccc4c4cc(-c5cc(C#N)cc(C#N)c5)ccc43)C=CCC2)c1. The smallest absolute Gasteiger partial charge is 0.307 e. The molecule has 9 aromatic rings. The molecule has 0 aliphatic heterocycles. The lowest BCUT2D eigenvalue weighted by molar-refractivity contribution is -0.137. The van der Waals surface area contributed by atoms with Crippen LogP contribution in [0.3, 0.4) is 0 Å². The van der Waals surface area contributed by atoms with Gasteiger partial charge in [-0.25, -0.2) is 0 Å². The number of aromatic nitrogens is 2. The van der Waals surface area contributed by atoms with Crippen LogP contribution >= 0.6 is 0 Å². The van der Waals surface area contributed by atoms with Crippen LogP contribution in [0.4, 0.5) is 13.2 Å². The maximum atomic E-state index is 14.0. The fraction of sp³-hybridized carbons (Fsp3) is 0.0545. The van der Waals surface area contributed by atoms with Gasteiger partial charge in [-0.3, -0.25) is 0 Å². The zero-order valence-corrected chi connectivity index (χ0v) is 34.4. The van der Waals surface area contributed by atoms with E-state index in [1.807, 2.05) is 72.8 Å². The highest BCUT2D eigenvalue weighted by Crippen LogP contribution is 2.44. The van der Waals surface area contributed by atoms with Gasteiger partial charge >= 0.3 is 6.18 Å². The Morgan fingerprint density at radius 3 is 1.59 bits per heavy atom. The van der Waals surface area contributed by atoms with E-state index in [2.05, 4.69) is 45.6 Å². The molecule has 0 saturated heterocycles. The van der Waals surface area contributed by atoms with Gasteiger partial charge in [0.2, 0.25) is 0 Å². The number of fused-ring (bicyclic) bond motifs is 6. The van der Waals surface area contributed by atoms with Gasteiger partial charge in [0.05, 0.1) is 103 Å². The second kappa shape index (κ2) is 15.6. The molecule has 66 heavy (non-hydrogen) atoms. The van der Waals surface area contributed by atoms with Crippen molar-refractivity contribution in [2.24, 2.45) is 0 Å².